The highest BCUT2D eigenvalue weighted by Gasteiger charge is 2.75. The Morgan fingerprint density at radius 2 is 1.62 bits per heavy atom. The number of quaternary nitrogens is 1. The monoisotopic (exact) mass is 536 g/mol. The van der Waals surface area contributed by atoms with Crippen LogP contribution in [0.4, 0.5) is 11.4 Å². The topological polar surface area (TPSA) is 74.3 Å². The molecule has 3 heterocycles. The Balaban J connectivity index is 1.36. The molecule has 2 saturated heterocycles. The molecule has 4 aromatic carbocycles. The first-order valence-corrected chi connectivity index (χ1v) is 13.7. The van der Waals surface area contributed by atoms with Crippen LogP contribution in [0.1, 0.15) is 24.5 Å². The Kier molecular flexibility index (Phi) is 5.41. The summed E-state index contributed by atoms with van der Waals surface area (Å²) < 4.78 is 0. The molecule has 6 nitrogen and oxygen atoms in total. The molecule has 0 radical (unpaired) electrons. The number of para-hydroxylation sites is 1. The van der Waals surface area contributed by atoms with Crippen LogP contribution in [0.25, 0.3) is 10.8 Å². The molecule has 7 rings (SSSR count). The van der Waals surface area contributed by atoms with E-state index in [0.29, 0.717) is 23.7 Å². The fourth-order valence-electron chi connectivity index (χ4n) is 7.11. The van der Waals surface area contributed by atoms with Crippen molar-refractivity contribution < 1.29 is 19.7 Å². The Bertz CT molecular complexity index is 1680. The van der Waals surface area contributed by atoms with Crippen molar-refractivity contribution in [2.75, 3.05) is 9.80 Å². The lowest BCUT2D eigenvalue weighted by Crippen LogP contribution is -2.99. The average Bonchev–Trinajstić information content (AvgIpc) is 3.52. The Labute approximate surface area is 231 Å². The van der Waals surface area contributed by atoms with E-state index in [1.165, 1.54) is 4.90 Å². The molecule has 0 saturated carbocycles. The summed E-state index contributed by atoms with van der Waals surface area (Å²) in [6, 6.07) is 28.6. The molecular weight excluding hydrogens is 510 g/mol. The summed E-state index contributed by atoms with van der Waals surface area (Å²) in [4.78, 5) is 45.8. The maximum absolute atomic E-state index is 14.7. The lowest BCUT2D eigenvalue weighted by molar-refractivity contribution is -0.733. The molecule has 194 valence electrons. The third-order valence-electron chi connectivity index (χ3n) is 8.77. The van der Waals surface area contributed by atoms with Crippen LogP contribution in [0.2, 0.25) is 5.02 Å². The largest absolute Gasteiger partial charge is 0.326 e. The second kappa shape index (κ2) is 8.76. The van der Waals surface area contributed by atoms with Crippen LogP contribution < -0.4 is 15.1 Å². The summed E-state index contributed by atoms with van der Waals surface area (Å²) >= 11 is 6.23. The number of imide groups is 1. The van der Waals surface area contributed by atoms with Crippen LogP contribution in [0.15, 0.2) is 91.0 Å². The van der Waals surface area contributed by atoms with Gasteiger partial charge in [-0.1, -0.05) is 85.3 Å². The lowest BCUT2D eigenvalue weighted by atomic mass is 9.76. The number of nitrogens with zero attached hydrogens (tertiary/aromatic N) is 2. The zero-order chi connectivity index (χ0) is 26.9. The lowest BCUT2D eigenvalue weighted by Gasteiger charge is -2.27. The SMILES string of the molecule is CC[C@H]1[NH2+][C@]2(C(=O)N(Cc3cccc4ccccc34)c3ccccc32)[C@@H]2C(=O)N(c3cccc(Cl)c3)C(=O)[C@@H]21. The number of hydrogen-bond donors (Lipinski definition) is 1. The molecule has 3 amide bonds. The van der Waals surface area contributed by atoms with Gasteiger partial charge in [-0.2, -0.15) is 0 Å². The quantitative estimate of drug-likeness (QED) is 0.393. The molecule has 0 bridgehead atoms. The van der Waals surface area contributed by atoms with Crippen molar-refractivity contribution in [2.45, 2.75) is 31.5 Å². The average molecular weight is 537 g/mol. The van der Waals surface area contributed by atoms with Gasteiger partial charge in [-0.15, -0.1) is 0 Å². The predicted molar refractivity (Wildman–Crippen MR) is 150 cm³/mol. The van der Waals surface area contributed by atoms with Crippen molar-refractivity contribution in [2.24, 2.45) is 11.8 Å². The van der Waals surface area contributed by atoms with Crippen molar-refractivity contribution in [3.05, 3.63) is 107 Å². The number of carbonyl (C=O) groups excluding carboxylic acids is 3. The minimum absolute atomic E-state index is 0.142. The first kappa shape index (κ1) is 24.1. The summed E-state index contributed by atoms with van der Waals surface area (Å²) in [7, 11) is 0. The molecule has 3 aliphatic heterocycles. The standard InChI is InChI=1S/C32H26ClN3O3/c1-2-25-27-28(30(38)36(29(27)37)22-13-8-12-21(33)17-22)32(34-25)24-15-5-6-16-26(24)35(31(32)39)18-20-11-7-10-19-9-3-4-14-23(19)20/h3-17,25,27-28,34H,2,18H2,1H3/p+1/t25-,27-,28+,32+/m1/s1. The van der Waals surface area contributed by atoms with Crippen LogP contribution in [-0.4, -0.2) is 23.8 Å². The second-order valence-electron chi connectivity index (χ2n) is 10.6. The van der Waals surface area contributed by atoms with Gasteiger partial charge in [-0.25, -0.2) is 4.90 Å². The number of rotatable bonds is 4. The first-order valence-electron chi connectivity index (χ1n) is 13.3. The van der Waals surface area contributed by atoms with Gasteiger partial charge in [0.15, 0.2) is 0 Å². The number of benzene rings is 4. The summed E-state index contributed by atoms with van der Waals surface area (Å²) in [6.07, 6.45) is 0.657. The second-order valence-corrected chi connectivity index (χ2v) is 11.1. The number of fused-ring (bicyclic) bond motifs is 5. The number of hydrogen-bond acceptors (Lipinski definition) is 3. The Hall–Kier alpha value is -4.00. The fourth-order valence-corrected chi connectivity index (χ4v) is 7.30. The van der Waals surface area contributed by atoms with Crippen LogP contribution in [0.3, 0.4) is 0 Å². The summed E-state index contributed by atoms with van der Waals surface area (Å²) in [6.45, 7) is 2.39. The highest BCUT2D eigenvalue weighted by molar-refractivity contribution is 6.31. The molecule has 3 aliphatic rings. The molecule has 7 heteroatoms. The Morgan fingerprint density at radius 3 is 2.44 bits per heavy atom. The van der Waals surface area contributed by atoms with Gasteiger partial charge in [0.2, 0.25) is 17.4 Å². The van der Waals surface area contributed by atoms with Gasteiger partial charge in [0.05, 0.1) is 24.0 Å². The summed E-state index contributed by atoms with van der Waals surface area (Å²) in [5, 5.41) is 4.65. The number of carbonyl (C=O) groups is 3. The van der Waals surface area contributed by atoms with E-state index < -0.39 is 17.4 Å². The van der Waals surface area contributed by atoms with E-state index >= 15 is 0 Å². The number of anilines is 2. The van der Waals surface area contributed by atoms with E-state index in [2.05, 4.69) is 18.2 Å². The van der Waals surface area contributed by atoms with E-state index in [0.717, 1.165) is 27.6 Å². The van der Waals surface area contributed by atoms with Crippen molar-refractivity contribution in [1.29, 1.82) is 0 Å². The van der Waals surface area contributed by atoms with Crippen LogP contribution in [0.5, 0.6) is 0 Å². The minimum Gasteiger partial charge on any atom is -0.326 e. The third kappa shape index (κ3) is 3.28. The van der Waals surface area contributed by atoms with E-state index in [-0.39, 0.29) is 23.8 Å². The van der Waals surface area contributed by atoms with Crippen LogP contribution in [-0.2, 0) is 26.5 Å². The van der Waals surface area contributed by atoms with Gasteiger partial charge in [0, 0.05) is 10.6 Å². The van der Waals surface area contributed by atoms with Crippen molar-refractivity contribution in [3.63, 3.8) is 0 Å². The van der Waals surface area contributed by atoms with Gasteiger partial charge < -0.3 is 10.2 Å². The molecule has 0 aliphatic carbocycles. The molecule has 4 atom stereocenters. The highest BCUT2D eigenvalue weighted by atomic mass is 35.5. The Morgan fingerprint density at radius 1 is 0.872 bits per heavy atom. The molecular formula is C32H27ClN3O3+. The molecule has 4 aromatic rings. The zero-order valence-electron chi connectivity index (χ0n) is 21.4. The van der Waals surface area contributed by atoms with E-state index in [1.54, 1.807) is 24.3 Å². The van der Waals surface area contributed by atoms with Gasteiger partial charge in [0.1, 0.15) is 11.8 Å². The van der Waals surface area contributed by atoms with E-state index in [9.17, 15) is 14.4 Å². The van der Waals surface area contributed by atoms with Crippen molar-refractivity contribution >= 4 is 51.5 Å². The molecule has 39 heavy (non-hydrogen) atoms. The molecule has 0 unspecified atom stereocenters. The maximum atomic E-state index is 14.7. The van der Waals surface area contributed by atoms with E-state index in [4.69, 9.17) is 11.6 Å². The third-order valence-corrected chi connectivity index (χ3v) is 9.00. The minimum atomic E-state index is -1.20. The smallest absolute Gasteiger partial charge is 0.294 e. The normalized spacial score (nSPS) is 25.7. The zero-order valence-corrected chi connectivity index (χ0v) is 22.1. The van der Waals surface area contributed by atoms with E-state index in [1.807, 2.05) is 65.7 Å². The molecule has 2 N–H and O–H groups in total. The summed E-state index contributed by atoms with van der Waals surface area (Å²) in [5.41, 5.74) is 1.87. The maximum Gasteiger partial charge on any atom is 0.294 e. The van der Waals surface area contributed by atoms with Gasteiger partial charge in [0.25, 0.3) is 5.91 Å². The molecule has 2 fully saturated rings. The van der Waals surface area contributed by atoms with Crippen molar-refractivity contribution in [3.8, 4) is 0 Å². The summed E-state index contributed by atoms with van der Waals surface area (Å²) in [5.74, 6) is -2.15. The van der Waals surface area contributed by atoms with Gasteiger partial charge in [-0.3, -0.25) is 14.4 Å². The molecule has 0 aromatic heterocycles. The van der Waals surface area contributed by atoms with Crippen LogP contribution >= 0.6 is 11.6 Å². The fraction of sp³-hybridized carbons (Fsp3) is 0.219. The predicted octanol–water partition coefficient (Wildman–Crippen LogP) is 4.40. The number of nitrogens with two attached hydrogens (primary N) is 1. The van der Waals surface area contributed by atoms with Gasteiger partial charge >= 0.3 is 0 Å². The highest BCUT2D eigenvalue weighted by Crippen LogP contribution is 2.52. The first-order chi connectivity index (χ1) is 19.0. The van der Waals surface area contributed by atoms with Gasteiger partial charge in [-0.05, 0) is 47.0 Å². The molecule has 1 spiro atoms. The number of halogens is 1. The number of amides is 3. The van der Waals surface area contributed by atoms with Crippen LogP contribution in [0, 0.1) is 11.8 Å². The van der Waals surface area contributed by atoms with Crippen molar-refractivity contribution in [1.82, 2.24) is 0 Å².